The van der Waals surface area contributed by atoms with E-state index in [4.69, 9.17) is 0 Å². The van der Waals surface area contributed by atoms with Crippen molar-refractivity contribution in [2.75, 3.05) is 7.11 Å². The number of benzene rings is 1. The van der Waals surface area contributed by atoms with Gasteiger partial charge in [0.2, 0.25) is 0 Å². The number of rotatable bonds is 3. The molecule has 0 aliphatic carbocycles. The third-order valence-electron chi connectivity index (χ3n) is 3.05. The van der Waals surface area contributed by atoms with Gasteiger partial charge in [0.25, 0.3) is 5.91 Å². The largest absolute Gasteiger partial charge is 0.468 e. The first-order valence-corrected chi connectivity index (χ1v) is 5.54. The normalized spacial score (nSPS) is 18.8. The Morgan fingerprint density at radius 2 is 2.00 bits per heavy atom. The second-order valence-electron chi connectivity index (χ2n) is 4.15. The van der Waals surface area contributed by atoms with Gasteiger partial charge in [-0.1, -0.05) is 18.2 Å². The molecule has 1 aliphatic rings. The Bertz CT molecular complexity index is 523. The summed E-state index contributed by atoms with van der Waals surface area (Å²) in [4.78, 5) is 35.0. The van der Waals surface area contributed by atoms with E-state index in [2.05, 4.69) is 10.1 Å². The topological polar surface area (TPSA) is 72.5 Å². The fraction of sp³-hybridized carbons (Fsp3) is 0.308. The summed E-state index contributed by atoms with van der Waals surface area (Å²) in [6, 6.07) is 6.26. The first-order valence-electron chi connectivity index (χ1n) is 5.54. The number of carbonyl (C=O) groups excluding carboxylic acids is 3. The van der Waals surface area contributed by atoms with Crippen molar-refractivity contribution in [2.24, 2.45) is 5.92 Å². The van der Waals surface area contributed by atoms with Gasteiger partial charge >= 0.3 is 5.97 Å². The SMILES string of the molecule is COC(=O)C(C(C)=O)C1NC(=O)c2ccccc21. The van der Waals surface area contributed by atoms with Crippen LogP contribution in [0.3, 0.4) is 0 Å². The molecule has 94 valence electrons. The van der Waals surface area contributed by atoms with Crippen molar-refractivity contribution in [3.8, 4) is 0 Å². The number of amides is 1. The van der Waals surface area contributed by atoms with Crippen LogP contribution in [0.15, 0.2) is 24.3 Å². The van der Waals surface area contributed by atoms with E-state index in [-0.39, 0.29) is 11.7 Å². The van der Waals surface area contributed by atoms with E-state index in [1.54, 1.807) is 24.3 Å². The van der Waals surface area contributed by atoms with E-state index in [1.807, 2.05) is 0 Å². The maximum Gasteiger partial charge on any atom is 0.318 e. The Hall–Kier alpha value is -2.17. The minimum absolute atomic E-state index is 0.272. The van der Waals surface area contributed by atoms with Crippen molar-refractivity contribution in [2.45, 2.75) is 13.0 Å². The highest BCUT2D eigenvalue weighted by atomic mass is 16.5. The summed E-state index contributed by atoms with van der Waals surface area (Å²) in [6.45, 7) is 1.31. The molecule has 2 atom stereocenters. The molecule has 5 heteroatoms. The van der Waals surface area contributed by atoms with E-state index in [0.717, 1.165) is 0 Å². The number of fused-ring (bicyclic) bond motifs is 1. The molecule has 0 saturated carbocycles. The summed E-state index contributed by atoms with van der Waals surface area (Å²) < 4.78 is 4.63. The number of carbonyl (C=O) groups is 3. The second kappa shape index (κ2) is 4.60. The Morgan fingerprint density at radius 1 is 1.33 bits per heavy atom. The van der Waals surface area contributed by atoms with Crippen molar-refractivity contribution >= 4 is 17.7 Å². The smallest absolute Gasteiger partial charge is 0.318 e. The van der Waals surface area contributed by atoms with Gasteiger partial charge in [0.15, 0.2) is 0 Å². The molecule has 2 rings (SSSR count). The van der Waals surface area contributed by atoms with Crippen molar-refractivity contribution in [3.63, 3.8) is 0 Å². The third kappa shape index (κ3) is 1.88. The average molecular weight is 247 g/mol. The van der Waals surface area contributed by atoms with Gasteiger partial charge in [-0.3, -0.25) is 14.4 Å². The zero-order valence-electron chi connectivity index (χ0n) is 10.1. The lowest BCUT2D eigenvalue weighted by molar-refractivity contribution is -0.150. The highest BCUT2D eigenvalue weighted by molar-refractivity contribution is 6.04. The molecule has 1 heterocycles. The lowest BCUT2D eigenvalue weighted by Gasteiger charge is -2.19. The molecule has 2 unspecified atom stereocenters. The first-order chi connectivity index (χ1) is 8.56. The number of Topliss-reactive ketones (excluding diaryl/α,β-unsaturated/α-hetero) is 1. The van der Waals surface area contributed by atoms with Crippen molar-refractivity contribution < 1.29 is 19.1 Å². The minimum atomic E-state index is -0.998. The van der Waals surface area contributed by atoms with Gasteiger partial charge in [0.1, 0.15) is 11.7 Å². The van der Waals surface area contributed by atoms with Gasteiger partial charge < -0.3 is 10.1 Å². The van der Waals surface area contributed by atoms with Crippen LogP contribution in [0.1, 0.15) is 28.9 Å². The Kier molecular flexibility index (Phi) is 3.14. The minimum Gasteiger partial charge on any atom is -0.468 e. The Labute approximate surface area is 104 Å². The van der Waals surface area contributed by atoms with Crippen LogP contribution in [0, 0.1) is 5.92 Å². The summed E-state index contributed by atoms with van der Waals surface area (Å²) in [6.07, 6.45) is 0. The zero-order chi connectivity index (χ0) is 13.3. The van der Waals surface area contributed by atoms with Crippen LogP contribution in [-0.2, 0) is 14.3 Å². The van der Waals surface area contributed by atoms with Gasteiger partial charge in [-0.05, 0) is 18.6 Å². The number of esters is 1. The molecule has 1 aromatic rings. The van der Waals surface area contributed by atoms with Gasteiger partial charge in [0, 0.05) is 5.56 Å². The standard InChI is InChI=1S/C13H13NO4/c1-7(15)10(13(17)18-2)11-8-5-3-4-6-9(8)12(16)14-11/h3-6,10-11H,1-2H3,(H,14,16). The molecular weight excluding hydrogens is 234 g/mol. The molecular formula is C13H13NO4. The highest BCUT2D eigenvalue weighted by Gasteiger charge is 2.40. The number of nitrogens with one attached hydrogen (secondary N) is 1. The number of ether oxygens (including phenoxy) is 1. The molecule has 5 nitrogen and oxygen atoms in total. The second-order valence-corrected chi connectivity index (χ2v) is 4.15. The number of hydrogen-bond donors (Lipinski definition) is 1. The number of hydrogen-bond acceptors (Lipinski definition) is 4. The van der Waals surface area contributed by atoms with E-state index in [9.17, 15) is 14.4 Å². The zero-order valence-corrected chi connectivity index (χ0v) is 10.1. The predicted molar refractivity (Wildman–Crippen MR) is 62.8 cm³/mol. The summed E-state index contributed by atoms with van der Waals surface area (Å²) in [5.41, 5.74) is 1.16. The Balaban J connectivity index is 2.43. The molecule has 1 amide bonds. The summed E-state index contributed by atoms with van der Waals surface area (Å²) in [7, 11) is 1.22. The van der Waals surface area contributed by atoms with Crippen LogP contribution in [0.5, 0.6) is 0 Å². The Morgan fingerprint density at radius 3 is 2.61 bits per heavy atom. The van der Waals surface area contributed by atoms with Crippen molar-refractivity contribution in [1.29, 1.82) is 0 Å². The molecule has 0 radical (unpaired) electrons. The summed E-state index contributed by atoms with van der Waals surface area (Å²) in [5.74, 6) is -2.23. The maximum absolute atomic E-state index is 11.7. The molecule has 0 fully saturated rings. The van der Waals surface area contributed by atoms with Gasteiger partial charge in [-0.15, -0.1) is 0 Å². The summed E-state index contributed by atoms with van der Waals surface area (Å²) in [5, 5.41) is 2.66. The van der Waals surface area contributed by atoms with Crippen LogP contribution in [0.2, 0.25) is 0 Å². The lowest BCUT2D eigenvalue weighted by Crippen LogP contribution is -2.35. The lowest BCUT2D eigenvalue weighted by atomic mass is 9.90. The third-order valence-corrected chi connectivity index (χ3v) is 3.05. The quantitative estimate of drug-likeness (QED) is 0.635. The molecule has 18 heavy (non-hydrogen) atoms. The van der Waals surface area contributed by atoms with E-state index in [0.29, 0.717) is 11.1 Å². The molecule has 0 bridgehead atoms. The predicted octanol–water partition coefficient (Wildman–Crippen LogP) is 0.849. The highest BCUT2D eigenvalue weighted by Crippen LogP contribution is 2.32. The molecule has 0 saturated heterocycles. The molecule has 1 N–H and O–H groups in total. The van der Waals surface area contributed by atoms with Gasteiger partial charge in [-0.25, -0.2) is 0 Å². The van der Waals surface area contributed by atoms with Crippen LogP contribution < -0.4 is 5.32 Å². The van der Waals surface area contributed by atoms with E-state index < -0.39 is 17.9 Å². The van der Waals surface area contributed by atoms with Crippen LogP contribution in [0.25, 0.3) is 0 Å². The summed E-state index contributed by atoms with van der Waals surface area (Å²) >= 11 is 0. The fourth-order valence-electron chi connectivity index (χ4n) is 2.20. The van der Waals surface area contributed by atoms with Gasteiger partial charge in [0.05, 0.1) is 13.2 Å². The molecule has 0 spiro atoms. The van der Waals surface area contributed by atoms with E-state index in [1.165, 1.54) is 14.0 Å². The maximum atomic E-state index is 11.7. The molecule has 0 aromatic heterocycles. The monoisotopic (exact) mass is 247 g/mol. The fourth-order valence-corrected chi connectivity index (χ4v) is 2.20. The van der Waals surface area contributed by atoms with Crippen molar-refractivity contribution in [3.05, 3.63) is 35.4 Å². The van der Waals surface area contributed by atoms with Crippen molar-refractivity contribution in [1.82, 2.24) is 5.32 Å². The van der Waals surface area contributed by atoms with Gasteiger partial charge in [-0.2, -0.15) is 0 Å². The molecule has 1 aliphatic heterocycles. The van der Waals surface area contributed by atoms with E-state index >= 15 is 0 Å². The first kappa shape index (κ1) is 12.3. The van der Waals surface area contributed by atoms with Crippen LogP contribution in [-0.4, -0.2) is 24.8 Å². The van der Waals surface area contributed by atoms with Crippen LogP contribution in [0.4, 0.5) is 0 Å². The average Bonchev–Trinajstić information content (AvgIpc) is 2.67. The number of methoxy groups -OCH3 is 1. The number of ketones is 1. The molecule has 1 aromatic carbocycles. The van der Waals surface area contributed by atoms with Crippen LogP contribution >= 0.6 is 0 Å².